The average molecular weight is 524 g/mol. The van der Waals surface area contributed by atoms with E-state index in [1.54, 1.807) is 37.7 Å². The molecule has 8 N–H and O–H groups in total. The molecule has 1 aromatic carbocycles. The zero-order chi connectivity index (χ0) is 27.3. The lowest BCUT2D eigenvalue weighted by atomic mass is 10.00. The minimum absolute atomic E-state index is 0.163. The van der Waals surface area contributed by atoms with Crippen LogP contribution in [-0.2, 0) is 30.4 Å². The summed E-state index contributed by atoms with van der Waals surface area (Å²) in [6, 6.07) is 4.80. The maximum atomic E-state index is 13.2. The molecule has 0 heterocycles. The first-order valence-corrected chi connectivity index (χ1v) is 13.1. The van der Waals surface area contributed by atoms with Gasteiger partial charge in [0.2, 0.25) is 23.6 Å². The number of thioether (sulfide) groups is 1. The summed E-state index contributed by atoms with van der Waals surface area (Å²) in [6.07, 6.45) is 2.09. The van der Waals surface area contributed by atoms with Gasteiger partial charge in [0.05, 0.1) is 6.04 Å². The molecular weight excluding hydrogens is 486 g/mol. The van der Waals surface area contributed by atoms with Gasteiger partial charge >= 0.3 is 5.97 Å². The van der Waals surface area contributed by atoms with E-state index < -0.39 is 59.7 Å². The highest BCUT2D eigenvalue weighted by Crippen LogP contribution is 2.09. The number of hydrogen-bond acceptors (Lipinski definition) is 7. The molecule has 0 aliphatic carbocycles. The molecule has 0 bridgehead atoms. The van der Waals surface area contributed by atoms with Gasteiger partial charge in [-0.05, 0) is 36.3 Å². The lowest BCUT2D eigenvalue weighted by Crippen LogP contribution is -2.59. The first-order chi connectivity index (χ1) is 17.0. The molecule has 11 nitrogen and oxygen atoms in total. The van der Waals surface area contributed by atoms with Crippen molar-refractivity contribution in [1.29, 1.82) is 0 Å². The summed E-state index contributed by atoms with van der Waals surface area (Å²) in [6.45, 7) is 3.37. The van der Waals surface area contributed by atoms with Gasteiger partial charge < -0.3 is 32.5 Å². The summed E-state index contributed by atoms with van der Waals surface area (Å²) in [4.78, 5) is 61.3. The quantitative estimate of drug-likeness (QED) is 0.171. The van der Waals surface area contributed by atoms with E-state index in [1.807, 2.05) is 24.5 Å². The first-order valence-electron chi connectivity index (χ1n) is 11.7. The van der Waals surface area contributed by atoms with Crippen LogP contribution in [0, 0.1) is 5.92 Å². The zero-order valence-corrected chi connectivity index (χ0v) is 21.7. The Balaban J connectivity index is 3.03. The predicted molar refractivity (Wildman–Crippen MR) is 138 cm³/mol. The van der Waals surface area contributed by atoms with Crippen molar-refractivity contribution in [3.63, 3.8) is 0 Å². The Hall–Kier alpha value is -3.12. The van der Waals surface area contributed by atoms with Crippen LogP contribution in [0.4, 0.5) is 0 Å². The van der Waals surface area contributed by atoms with Gasteiger partial charge in [-0.1, -0.05) is 44.2 Å². The second-order valence-electron chi connectivity index (χ2n) is 8.77. The fraction of sp³-hybridized carbons (Fsp3) is 0.542. The number of hydrogen-bond donors (Lipinski definition) is 6. The number of primary amides is 1. The molecule has 0 saturated carbocycles. The SMILES string of the molecule is CSCCC(N)C(=O)NC(Cc1ccccc1)C(=O)NC(C(=O)NC(CCC(N)=O)C(=O)O)C(C)C. The number of aliphatic carboxylic acids is 1. The molecule has 1 rings (SSSR count). The van der Waals surface area contributed by atoms with Crippen LogP contribution in [0.15, 0.2) is 30.3 Å². The highest BCUT2D eigenvalue weighted by Gasteiger charge is 2.32. The van der Waals surface area contributed by atoms with Crippen molar-refractivity contribution >= 4 is 41.4 Å². The van der Waals surface area contributed by atoms with Gasteiger partial charge in [-0.2, -0.15) is 11.8 Å². The second-order valence-corrected chi connectivity index (χ2v) is 9.76. The summed E-state index contributed by atoms with van der Waals surface area (Å²) in [5.74, 6) is -3.56. The maximum Gasteiger partial charge on any atom is 0.326 e. The molecule has 12 heteroatoms. The number of amides is 4. The molecule has 36 heavy (non-hydrogen) atoms. The Labute approximate surface area is 215 Å². The van der Waals surface area contributed by atoms with Crippen molar-refractivity contribution in [2.75, 3.05) is 12.0 Å². The van der Waals surface area contributed by atoms with Crippen LogP contribution < -0.4 is 27.4 Å². The van der Waals surface area contributed by atoms with Gasteiger partial charge in [-0.15, -0.1) is 0 Å². The fourth-order valence-electron chi connectivity index (χ4n) is 3.31. The minimum atomic E-state index is -1.35. The molecule has 0 aromatic heterocycles. The van der Waals surface area contributed by atoms with Crippen molar-refractivity contribution in [2.24, 2.45) is 17.4 Å². The second kappa shape index (κ2) is 15.8. The molecule has 0 aliphatic rings. The molecule has 0 spiro atoms. The monoisotopic (exact) mass is 523 g/mol. The number of benzene rings is 1. The number of rotatable bonds is 16. The van der Waals surface area contributed by atoms with Crippen LogP contribution in [0.2, 0.25) is 0 Å². The van der Waals surface area contributed by atoms with Crippen LogP contribution in [0.3, 0.4) is 0 Å². The van der Waals surface area contributed by atoms with Crippen LogP contribution in [0.1, 0.15) is 38.7 Å². The lowest BCUT2D eigenvalue weighted by Gasteiger charge is -2.27. The molecule has 200 valence electrons. The predicted octanol–water partition coefficient (Wildman–Crippen LogP) is -0.230. The largest absolute Gasteiger partial charge is 0.480 e. The van der Waals surface area contributed by atoms with Crippen molar-refractivity contribution in [2.45, 2.75) is 63.7 Å². The van der Waals surface area contributed by atoms with Crippen LogP contribution in [0.5, 0.6) is 0 Å². The summed E-state index contributed by atoms with van der Waals surface area (Å²) in [7, 11) is 0. The summed E-state index contributed by atoms with van der Waals surface area (Å²) in [5, 5.41) is 17.1. The van der Waals surface area contributed by atoms with Crippen LogP contribution in [0.25, 0.3) is 0 Å². The number of carbonyl (C=O) groups is 5. The summed E-state index contributed by atoms with van der Waals surface area (Å²) < 4.78 is 0. The first kappa shape index (κ1) is 30.9. The molecule has 0 radical (unpaired) electrons. The topological polar surface area (TPSA) is 194 Å². The third-order valence-corrected chi connectivity index (χ3v) is 6.07. The Morgan fingerprint density at radius 2 is 1.53 bits per heavy atom. The Bertz CT molecular complexity index is 898. The van der Waals surface area contributed by atoms with Gasteiger partial charge in [0.25, 0.3) is 0 Å². The van der Waals surface area contributed by atoms with Gasteiger partial charge in [-0.3, -0.25) is 19.2 Å². The smallest absolute Gasteiger partial charge is 0.326 e. The zero-order valence-electron chi connectivity index (χ0n) is 20.9. The summed E-state index contributed by atoms with van der Waals surface area (Å²) >= 11 is 1.55. The van der Waals surface area contributed by atoms with E-state index in [2.05, 4.69) is 16.0 Å². The minimum Gasteiger partial charge on any atom is -0.480 e. The number of carboxylic acids is 1. The Morgan fingerprint density at radius 3 is 2.06 bits per heavy atom. The average Bonchev–Trinajstić information content (AvgIpc) is 2.82. The van der Waals surface area contributed by atoms with E-state index in [0.717, 1.165) is 5.56 Å². The number of nitrogens with one attached hydrogen (secondary N) is 3. The van der Waals surface area contributed by atoms with E-state index in [4.69, 9.17) is 11.5 Å². The normalized spacial score (nSPS) is 14.2. The summed E-state index contributed by atoms with van der Waals surface area (Å²) in [5.41, 5.74) is 11.8. The molecule has 4 unspecified atom stereocenters. The number of carbonyl (C=O) groups excluding carboxylic acids is 4. The Kier molecular flexibility index (Phi) is 13.6. The van der Waals surface area contributed by atoms with Crippen LogP contribution in [-0.4, -0.2) is 70.9 Å². The third-order valence-electron chi connectivity index (χ3n) is 5.43. The van der Waals surface area contributed by atoms with E-state index in [1.165, 1.54) is 0 Å². The highest BCUT2D eigenvalue weighted by atomic mass is 32.2. The molecular formula is C24H37N5O6S. The maximum absolute atomic E-state index is 13.2. The Morgan fingerprint density at radius 1 is 0.917 bits per heavy atom. The standard InChI is InChI=1S/C24H37N5O6S/c1-14(2)20(23(33)27-17(24(34)35)9-10-19(26)30)29-22(32)18(13-15-7-5-4-6-8-15)28-21(31)16(25)11-12-36-3/h4-8,14,16-18,20H,9-13,25H2,1-3H3,(H2,26,30)(H,27,33)(H,28,31)(H,29,32)(H,34,35). The van der Waals surface area contributed by atoms with Gasteiger partial charge in [-0.25, -0.2) is 4.79 Å². The lowest BCUT2D eigenvalue weighted by molar-refractivity contribution is -0.143. The van der Waals surface area contributed by atoms with Crippen molar-refractivity contribution in [3.05, 3.63) is 35.9 Å². The van der Waals surface area contributed by atoms with Gasteiger partial charge in [0.1, 0.15) is 18.1 Å². The highest BCUT2D eigenvalue weighted by molar-refractivity contribution is 7.98. The molecule has 0 aliphatic heterocycles. The van der Waals surface area contributed by atoms with E-state index >= 15 is 0 Å². The van der Waals surface area contributed by atoms with E-state index in [0.29, 0.717) is 12.2 Å². The molecule has 1 aromatic rings. The number of carboxylic acid groups (broad SMARTS) is 1. The molecule has 0 fully saturated rings. The van der Waals surface area contributed by atoms with Crippen molar-refractivity contribution < 1.29 is 29.1 Å². The van der Waals surface area contributed by atoms with E-state index in [9.17, 15) is 29.1 Å². The van der Waals surface area contributed by atoms with Crippen molar-refractivity contribution in [3.8, 4) is 0 Å². The fourth-order valence-corrected chi connectivity index (χ4v) is 3.80. The molecule has 0 saturated heterocycles. The third kappa shape index (κ3) is 11.1. The van der Waals surface area contributed by atoms with Crippen LogP contribution >= 0.6 is 11.8 Å². The van der Waals surface area contributed by atoms with Gasteiger partial charge in [0.15, 0.2) is 0 Å². The number of nitrogens with two attached hydrogens (primary N) is 2. The van der Waals surface area contributed by atoms with E-state index in [-0.39, 0.29) is 19.3 Å². The molecule has 4 atom stereocenters. The van der Waals surface area contributed by atoms with Gasteiger partial charge in [0, 0.05) is 12.8 Å². The molecule has 4 amide bonds. The van der Waals surface area contributed by atoms with Crippen molar-refractivity contribution in [1.82, 2.24) is 16.0 Å².